The fourth-order valence-corrected chi connectivity index (χ4v) is 4.33. The van der Waals surface area contributed by atoms with Gasteiger partial charge in [0.05, 0.1) is 12.8 Å². The van der Waals surface area contributed by atoms with Crippen LogP contribution in [0.4, 0.5) is 5.69 Å². The lowest BCUT2D eigenvalue weighted by Crippen LogP contribution is -2.01. The van der Waals surface area contributed by atoms with Gasteiger partial charge in [-0.2, -0.15) is 0 Å². The van der Waals surface area contributed by atoms with E-state index in [4.69, 9.17) is 9.37 Å². The molecule has 0 radical (unpaired) electrons. The van der Waals surface area contributed by atoms with Crippen molar-refractivity contribution in [1.29, 1.82) is 0 Å². The third-order valence-electron chi connectivity index (χ3n) is 5.20. The van der Waals surface area contributed by atoms with E-state index in [1.54, 1.807) is 18.9 Å². The molecule has 2 unspecified atom stereocenters. The molecule has 1 heterocycles. The van der Waals surface area contributed by atoms with Crippen molar-refractivity contribution in [3.8, 4) is 5.75 Å². The number of benzene rings is 2. The molecule has 0 bridgehead atoms. The zero-order valence-electron chi connectivity index (χ0n) is 19.1. The van der Waals surface area contributed by atoms with Crippen LogP contribution < -0.4 is 10.1 Å². The van der Waals surface area contributed by atoms with Crippen LogP contribution in [0.25, 0.3) is 11.0 Å². The SMILES string of the molecule is CCCC(C)CC(C)CC.CNc1ccc(Sc2cccc(OC)c2)c2nonc12. The highest BCUT2D eigenvalue weighted by Crippen LogP contribution is 2.35. The van der Waals surface area contributed by atoms with Crippen molar-refractivity contribution in [1.82, 2.24) is 10.3 Å². The summed E-state index contributed by atoms with van der Waals surface area (Å²) in [4.78, 5) is 2.07. The van der Waals surface area contributed by atoms with Crippen molar-refractivity contribution in [3.63, 3.8) is 0 Å². The summed E-state index contributed by atoms with van der Waals surface area (Å²) in [5.41, 5.74) is 2.39. The van der Waals surface area contributed by atoms with Gasteiger partial charge in [-0.3, -0.25) is 0 Å². The van der Waals surface area contributed by atoms with Crippen molar-refractivity contribution in [2.75, 3.05) is 19.5 Å². The summed E-state index contributed by atoms with van der Waals surface area (Å²) >= 11 is 1.60. The van der Waals surface area contributed by atoms with Gasteiger partial charge in [-0.25, -0.2) is 4.63 Å². The highest BCUT2D eigenvalue weighted by Gasteiger charge is 2.12. The van der Waals surface area contributed by atoms with Gasteiger partial charge in [-0.05, 0) is 58.9 Å². The summed E-state index contributed by atoms with van der Waals surface area (Å²) in [7, 11) is 3.50. The molecule has 1 aromatic heterocycles. The molecule has 30 heavy (non-hydrogen) atoms. The molecule has 0 aliphatic rings. The van der Waals surface area contributed by atoms with Gasteiger partial charge in [-0.1, -0.05) is 64.8 Å². The van der Waals surface area contributed by atoms with E-state index in [-0.39, 0.29) is 0 Å². The summed E-state index contributed by atoms with van der Waals surface area (Å²) in [5, 5.41) is 11.0. The Morgan fingerprint density at radius 1 is 1.07 bits per heavy atom. The van der Waals surface area contributed by atoms with Crippen LogP contribution in [0.5, 0.6) is 5.75 Å². The first-order valence-corrected chi connectivity index (χ1v) is 11.6. The van der Waals surface area contributed by atoms with E-state index >= 15 is 0 Å². The van der Waals surface area contributed by atoms with Crippen LogP contribution in [0.3, 0.4) is 0 Å². The number of fused-ring (bicyclic) bond motifs is 1. The molecule has 0 saturated carbocycles. The van der Waals surface area contributed by atoms with Gasteiger partial charge >= 0.3 is 0 Å². The van der Waals surface area contributed by atoms with E-state index in [9.17, 15) is 0 Å². The number of hydrogen-bond acceptors (Lipinski definition) is 6. The van der Waals surface area contributed by atoms with Gasteiger partial charge in [-0.15, -0.1) is 0 Å². The second kappa shape index (κ2) is 12.5. The molecule has 6 heteroatoms. The summed E-state index contributed by atoms with van der Waals surface area (Å²) < 4.78 is 10.1. The Morgan fingerprint density at radius 3 is 2.50 bits per heavy atom. The molecule has 164 valence electrons. The number of aromatic nitrogens is 2. The number of nitrogens with zero attached hydrogens (tertiary/aromatic N) is 2. The molecule has 1 N–H and O–H groups in total. The lowest BCUT2D eigenvalue weighted by atomic mass is 9.92. The maximum Gasteiger partial charge on any atom is 0.159 e. The molecule has 0 aliphatic heterocycles. The Hall–Kier alpha value is -2.21. The van der Waals surface area contributed by atoms with Crippen molar-refractivity contribution < 1.29 is 9.37 Å². The van der Waals surface area contributed by atoms with E-state index in [2.05, 4.69) is 43.3 Å². The Bertz CT molecular complexity index is 897. The van der Waals surface area contributed by atoms with Gasteiger partial charge in [0.15, 0.2) is 11.0 Å². The Kier molecular flexibility index (Phi) is 10.0. The fourth-order valence-electron chi connectivity index (χ4n) is 3.38. The van der Waals surface area contributed by atoms with Gasteiger partial charge in [0.25, 0.3) is 0 Å². The van der Waals surface area contributed by atoms with Crippen LogP contribution >= 0.6 is 11.8 Å². The minimum Gasteiger partial charge on any atom is -0.497 e. The highest BCUT2D eigenvalue weighted by molar-refractivity contribution is 7.99. The molecule has 5 nitrogen and oxygen atoms in total. The molecule has 0 aliphatic carbocycles. The van der Waals surface area contributed by atoms with Crippen LogP contribution in [0.15, 0.2) is 50.8 Å². The van der Waals surface area contributed by atoms with E-state index in [0.29, 0.717) is 0 Å². The maximum atomic E-state index is 5.23. The number of nitrogens with one attached hydrogen (secondary N) is 1. The molecular weight excluding hydrogens is 394 g/mol. The van der Waals surface area contributed by atoms with Crippen molar-refractivity contribution >= 4 is 28.5 Å². The quantitative estimate of drug-likeness (QED) is 0.385. The number of rotatable bonds is 9. The van der Waals surface area contributed by atoms with Crippen LogP contribution in [-0.2, 0) is 0 Å². The summed E-state index contributed by atoms with van der Waals surface area (Å²) in [6, 6.07) is 11.9. The zero-order valence-corrected chi connectivity index (χ0v) is 19.9. The zero-order chi connectivity index (χ0) is 21.9. The van der Waals surface area contributed by atoms with Crippen molar-refractivity contribution in [2.45, 2.75) is 63.2 Å². The number of methoxy groups -OCH3 is 1. The summed E-state index contributed by atoms with van der Waals surface area (Å²) in [6.07, 6.45) is 5.51. The first kappa shape index (κ1) is 24.1. The molecule has 0 spiro atoms. The first-order valence-electron chi connectivity index (χ1n) is 10.8. The monoisotopic (exact) mass is 429 g/mol. The average Bonchev–Trinajstić information content (AvgIpc) is 3.25. The second-order valence-corrected chi connectivity index (χ2v) is 8.86. The largest absolute Gasteiger partial charge is 0.497 e. The molecule has 3 rings (SSSR count). The van der Waals surface area contributed by atoms with E-state index < -0.39 is 0 Å². The summed E-state index contributed by atoms with van der Waals surface area (Å²) in [5.74, 6) is 2.71. The third kappa shape index (κ3) is 6.94. The van der Waals surface area contributed by atoms with Crippen molar-refractivity contribution in [3.05, 3.63) is 36.4 Å². The van der Waals surface area contributed by atoms with E-state index in [1.807, 2.05) is 43.4 Å². The Labute approximate surface area is 184 Å². The molecule has 0 amide bonds. The molecule has 2 aromatic carbocycles. The predicted octanol–water partition coefficient (Wildman–Crippen LogP) is 7.28. The smallest absolute Gasteiger partial charge is 0.159 e. The number of hydrogen-bond donors (Lipinski definition) is 1. The molecular formula is C24H35N3O2S. The van der Waals surface area contributed by atoms with Crippen LogP contribution in [0, 0.1) is 11.8 Å². The van der Waals surface area contributed by atoms with Gasteiger partial charge in [0, 0.05) is 16.8 Å². The highest BCUT2D eigenvalue weighted by atomic mass is 32.2. The second-order valence-electron chi connectivity index (χ2n) is 7.75. The predicted molar refractivity (Wildman–Crippen MR) is 127 cm³/mol. The number of anilines is 1. The van der Waals surface area contributed by atoms with Gasteiger partial charge in [0.2, 0.25) is 0 Å². The van der Waals surface area contributed by atoms with Gasteiger partial charge in [0.1, 0.15) is 5.75 Å². The standard InChI is InChI=1S/C14H13N3O2S.C10H22/c1-15-11-6-7-12(14-13(11)16-19-17-14)20-10-5-3-4-9(8-10)18-2;1-5-7-10(4)8-9(3)6-2/h3-8,15H,1-2H3;9-10H,5-8H2,1-4H3. The Morgan fingerprint density at radius 2 is 1.83 bits per heavy atom. The summed E-state index contributed by atoms with van der Waals surface area (Å²) in [6.45, 7) is 9.28. The normalized spacial score (nSPS) is 12.7. The molecule has 0 fully saturated rings. The average molecular weight is 430 g/mol. The minimum atomic E-state index is 0.736. The lowest BCUT2D eigenvalue weighted by molar-refractivity contribution is 0.315. The van der Waals surface area contributed by atoms with Crippen LogP contribution in [-0.4, -0.2) is 24.5 Å². The van der Waals surface area contributed by atoms with Crippen molar-refractivity contribution in [2.24, 2.45) is 11.8 Å². The minimum absolute atomic E-state index is 0.736. The van der Waals surface area contributed by atoms with Gasteiger partial charge < -0.3 is 10.1 Å². The maximum absolute atomic E-state index is 5.23. The third-order valence-corrected chi connectivity index (χ3v) is 6.24. The first-order chi connectivity index (χ1) is 14.5. The van der Waals surface area contributed by atoms with E-state index in [0.717, 1.165) is 44.1 Å². The van der Waals surface area contributed by atoms with Crippen LogP contribution in [0.2, 0.25) is 0 Å². The van der Waals surface area contributed by atoms with Crippen LogP contribution in [0.1, 0.15) is 53.4 Å². The lowest BCUT2D eigenvalue weighted by Gasteiger charge is -2.14. The number of ether oxygens (including phenoxy) is 1. The molecule has 2 atom stereocenters. The topological polar surface area (TPSA) is 60.2 Å². The fraction of sp³-hybridized carbons (Fsp3) is 0.500. The molecule has 3 aromatic rings. The molecule has 0 saturated heterocycles. The Balaban J connectivity index is 0.000000274. The van der Waals surface area contributed by atoms with E-state index in [1.165, 1.54) is 25.7 Å².